The number of piperidine rings is 1. The van der Waals surface area contributed by atoms with E-state index in [0.717, 1.165) is 72.2 Å². The molecule has 1 fully saturated rings. The van der Waals surface area contributed by atoms with Gasteiger partial charge in [-0.2, -0.15) is 0 Å². The zero-order valence-electron chi connectivity index (χ0n) is 18.5. The Morgan fingerprint density at radius 2 is 2.03 bits per heavy atom. The van der Waals surface area contributed by atoms with Crippen molar-refractivity contribution < 1.29 is 13.9 Å². The third-order valence-electron chi connectivity index (χ3n) is 6.55. The molecule has 1 saturated heterocycles. The Bertz CT molecular complexity index is 1280. The number of carbonyl (C=O) groups excluding carboxylic acids is 1. The largest absolute Gasteiger partial charge is 0.496 e. The first-order valence-corrected chi connectivity index (χ1v) is 11.1. The van der Waals surface area contributed by atoms with E-state index < -0.39 is 0 Å². The maximum atomic E-state index is 11.6. The fourth-order valence-electron chi connectivity index (χ4n) is 4.82. The summed E-state index contributed by atoms with van der Waals surface area (Å²) in [5.41, 5.74) is 9.93. The van der Waals surface area contributed by atoms with Gasteiger partial charge in [0.05, 0.1) is 7.11 Å². The van der Waals surface area contributed by atoms with Gasteiger partial charge in [-0.05, 0) is 54.5 Å². The lowest BCUT2D eigenvalue weighted by molar-refractivity contribution is 0.100. The molecule has 7 nitrogen and oxygen atoms in total. The van der Waals surface area contributed by atoms with Crippen molar-refractivity contribution in [2.45, 2.75) is 32.2 Å². The molecule has 2 aromatic carbocycles. The van der Waals surface area contributed by atoms with Gasteiger partial charge in [-0.15, -0.1) is 0 Å². The van der Waals surface area contributed by atoms with Crippen LogP contribution in [0.4, 0.5) is 0 Å². The molecule has 0 radical (unpaired) electrons. The molecule has 7 heteroatoms. The zero-order chi connectivity index (χ0) is 22.2. The molecule has 0 unspecified atom stereocenters. The van der Waals surface area contributed by atoms with E-state index in [4.69, 9.17) is 14.9 Å². The fourth-order valence-corrected chi connectivity index (χ4v) is 4.82. The van der Waals surface area contributed by atoms with E-state index in [-0.39, 0.29) is 5.91 Å². The maximum Gasteiger partial charge on any atom is 0.248 e. The molecule has 0 spiro atoms. The van der Waals surface area contributed by atoms with E-state index in [1.165, 1.54) is 0 Å². The lowest BCUT2D eigenvalue weighted by Gasteiger charge is -2.33. The molecule has 0 aliphatic carbocycles. The average molecular weight is 433 g/mol. The summed E-state index contributed by atoms with van der Waals surface area (Å²) < 4.78 is 13.5. The summed E-state index contributed by atoms with van der Waals surface area (Å²) in [6.07, 6.45) is 5.19. The lowest BCUT2D eigenvalue weighted by Crippen LogP contribution is -2.35. The molecule has 1 aliphatic heterocycles. The summed E-state index contributed by atoms with van der Waals surface area (Å²) in [5, 5.41) is 1.14. The predicted octanol–water partition coefficient (Wildman–Crippen LogP) is 4.08. The van der Waals surface area contributed by atoms with Crippen LogP contribution in [0.1, 0.15) is 40.7 Å². The second-order valence-electron chi connectivity index (χ2n) is 8.55. The highest BCUT2D eigenvalue weighted by Gasteiger charge is 2.22. The Morgan fingerprint density at radius 3 is 2.78 bits per heavy atom. The molecule has 4 aromatic rings. The Kier molecular flexibility index (Phi) is 5.35. The topological polar surface area (TPSA) is 86.5 Å². The third kappa shape index (κ3) is 3.84. The van der Waals surface area contributed by atoms with Crippen molar-refractivity contribution in [2.75, 3.05) is 26.7 Å². The number of primary amides is 1. The number of aromatic nitrogens is 2. The summed E-state index contributed by atoms with van der Waals surface area (Å²) in [6, 6.07) is 12.2. The average Bonchev–Trinajstić information content (AvgIpc) is 3.38. The molecular weight excluding hydrogens is 404 g/mol. The van der Waals surface area contributed by atoms with Gasteiger partial charge in [0.1, 0.15) is 11.3 Å². The molecule has 32 heavy (non-hydrogen) atoms. The van der Waals surface area contributed by atoms with Gasteiger partial charge in [0.25, 0.3) is 0 Å². The summed E-state index contributed by atoms with van der Waals surface area (Å²) in [4.78, 5) is 18.6. The predicted molar refractivity (Wildman–Crippen MR) is 124 cm³/mol. The van der Waals surface area contributed by atoms with Gasteiger partial charge in [-0.1, -0.05) is 6.07 Å². The Hall–Kier alpha value is -3.32. The summed E-state index contributed by atoms with van der Waals surface area (Å²) in [5.74, 6) is 1.14. The maximum absolute atomic E-state index is 11.6. The minimum Gasteiger partial charge on any atom is -0.496 e. The van der Waals surface area contributed by atoms with Crippen molar-refractivity contribution >= 4 is 27.9 Å². The molecular formula is C25H28N4O3. The Balaban J connectivity index is 1.25. The monoisotopic (exact) mass is 432 g/mol. The van der Waals surface area contributed by atoms with Crippen LogP contribution < -0.4 is 10.5 Å². The molecule has 1 aliphatic rings. The van der Waals surface area contributed by atoms with Crippen LogP contribution in [0.15, 0.2) is 47.0 Å². The molecule has 5 rings (SSSR count). The normalized spacial score (nSPS) is 15.6. The van der Waals surface area contributed by atoms with Gasteiger partial charge in [0.2, 0.25) is 5.91 Å². The van der Waals surface area contributed by atoms with Crippen molar-refractivity contribution in [1.29, 1.82) is 0 Å². The second kappa shape index (κ2) is 8.31. The number of hydrogen-bond donors (Lipinski definition) is 1. The number of methoxy groups -OCH3 is 1. The molecule has 0 saturated carbocycles. The van der Waals surface area contributed by atoms with Gasteiger partial charge in [-0.3, -0.25) is 4.79 Å². The molecule has 3 heterocycles. The summed E-state index contributed by atoms with van der Waals surface area (Å²) in [6.45, 7) is 4.91. The molecule has 166 valence electrons. The number of nitrogens with two attached hydrogens (primary N) is 1. The molecule has 0 bridgehead atoms. The Morgan fingerprint density at radius 1 is 1.22 bits per heavy atom. The number of hydrogen-bond acceptors (Lipinski definition) is 5. The van der Waals surface area contributed by atoms with E-state index in [2.05, 4.69) is 32.8 Å². The van der Waals surface area contributed by atoms with Crippen LogP contribution in [0.2, 0.25) is 0 Å². The Labute approximate surface area is 186 Å². The first-order valence-electron chi connectivity index (χ1n) is 11.1. The van der Waals surface area contributed by atoms with Crippen LogP contribution >= 0.6 is 0 Å². The number of likely N-dealkylation sites (tertiary alicyclic amines) is 1. The van der Waals surface area contributed by atoms with Gasteiger partial charge >= 0.3 is 0 Å². The van der Waals surface area contributed by atoms with E-state index in [9.17, 15) is 4.79 Å². The lowest BCUT2D eigenvalue weighted by atomic mass is 10.0. The zero-order valence-corrected chi connectivity index (χ0v) is 18.5. The van der Waals surface area contributed by atoms with Crippen LogP contribution in [0.5, 0.6) is 5.75 Å². The molecule has 2 N–H and O–H groups in total. The number of ether oxygens (including phenoxy) is 1. The minimum atomic E-state index is -0.385. The summed E-state index contributed by atoms with van der Waals surface area (Å²) in [7, 11) is 1.70. The third-order valence-corrected chi connectivity index (χ3v) is 6.55. The van der Waals surface area contributed by atoms with Crippen LogP contribution in [0, 0.1) is 6.92 Å². The van der Waals surface area contributed by atoms with Crippen LogP contribution in [0.3, 0.4) is 0 Å². The quantitative estimate of drug-likeness (QED) is 0.496. The molecule has 0 atom stereocenters. The number of carbonyl (C=O) groups is 1. The second-order valence-corrected chi connectivity index (χ2v) is 8.55. The standard InChI is InChI=1S/C25H28N4O3/c1-16-27-21-13-18(23(31-2)15-24(21)32-16)5-9-28-10-7-20(8-11-28)29-12-6-17-3-4-19(25(26)30)14-22(17)29/h3-4,6,12-15,20H,5,7-11H2,1-2H3,(H2,26,30). The van der Waals surface area contributed by atoms with Gasteiger partial charge in [0, 0.05) is 55.9 Å². The van der Waals surface area contributed by atoms with Gasteiger partial charge in [-0.25, -0.2) is 4.98 Å². The van der Waals surface area contributed by atoms with Crippen molar-refractivity contribution in [2.24, 2.45) is 5.73 Å². The number of benzene rings is 2. The van der Waals surface area contributed by atoms with Crippen molar-refractivity contribution in [3.63, 3.8) is 0 Å². The SMILES string of the molecule is COc1cc2oc(C)nc2cc1CCN1CCC(n2ccc3ccc(C(N)=O)cc32)CC1. The minimum absolute atomic E-state index is 0.385. The first-order chi connectivity index (χ1) is 15.5. The highest BCUT2D eigenvalue weighted by Crippen LogP contribution is 2.30. The van der Waals surface area contributed by atoms with Crippen molar-refractivity contribution in [3.05, 3.63) is 59.6 Å². The van der Waals surface area contributed by atoms with Crippen LogP contribution in [-0.2, 0) is 6.42 Å². The van der Waals surface area contributed by atoms with E-state index in [1.54, 1.807) is 13.2 Å². The number of amides is 1. The number of oxazole rings is 1. The number of fused-ring (bicyclic) bond motifs is 2. The highest BCUT2D eigenvalue weighted by molar-refractivity contribution is 5.97. The smallest absolute Gasteiger partial charge is 0.248 e. The van der Waals surface area contributed by atoms with E-state index in [0.29, 0.717) is 17.5 Å². The van der Waals surface area contributed by atoms with Crippen LogP contribution in [-0.4, -0.2) is 47.1 Å². The molecule has 1 amide bonds. The summed E-state index contributed by atoms with van der Waals surface area (Å²) >= 11 is 0. The number of rotatable bonds is 6. The number of nitrogens with zero attached hydrogens (tertiary/aromatic N) is 3. The van der Waals surface area contributed by atoms with E-state index in [1.807, 2.05) is 25.1 Å². The highest BCUT2D eigenvalue weighted by atomic mass is 16.5. The van der Waals surface area contributed by atoms with E-state index >= 15 is 0 Å². The number of aryl methyl sites for hydroxylation is 1. The van der Waals surface area contributed by atoms with Crippen molar-refractivity contribution in [3.8, 4) is 5.75 Å². The van der Waals surface area contributed by atoms with Gasteiger partial charge < -0.3 is 24.4 Å². The fraction of sp³-hybridized carbons (Fsp3) is 0.360. The first kappa shape index (κ1) is 20.6. The van der Waals surface area contributed by atoms with Crippen molar-refractivity contribution in [1.82, 2.24) is 14.5 Å². The van der Waals surface area contributed by atoms with Gasteiger partial charge in [0.15, 0.2) is 11.5 Å². The molecule has 2 aromatic heterocycles. The van der Waals surface area contributed by atoms with Crippen LogP contribution in [0.25, 0.3) is 22.0 Å².